The number of pyridine rings is 1. The van der Waals surface area contributed by atoms with Gasteiger partial charge in [-0.3, -0.25) is 9.78 Å². The predicted octanol–water partition coefficient (Wildman–Crippen LogP) is 3.12. The summed E-state index contributed by atoms with van der Waals surface area (Å²) in [5, 5.41) is 12.9. The Labute approximate surface area is 193 Å². The number of nitrogens with zero attached hydrogens (tertiary/aromatic N) is 6. The number of aryl methyl sites for hydroxylation is 1. The Morgan fingerprint density at radius 1 is 1.27 bits per heavy atom. The molecule has 11 heteroatoms. The number of nitrogens with one attached hydrogen (secondary N) is 1. The van der Waals surface area contributed by atoms with Crippen molar-refractivity contribution in [3.05, 3.63) is 52.8 Å². The summed E-state index contributed by atoms with van der Waals surface area (Å²) < 4.78 is 1.88. The van der Waals surface area contributed by atoms with Crippen molar-refractivity contribution in [3.63, 3.8) is 0 Å². The number of nitrogens with two attached hydrogens (primary N) is 1. The summed E-state index contributed by atoms with van der Waals surface area (Å²) in [5.74, 6) is 0.124. The van der Waals surface area contributed by atoms with Crippen molar-refractivity contribution in [1.29, 1.82) is 0 Å². The average Bonchev–Trinajstić information content (AvgIpc) is 3.37. The quantitative estimate of drug-likeness (QED) is 0.408. The molecule has 1 aliphatic rings. The molecule has 0 saturated heterocycles. The van der Waals surface area contributed by atoms with E-state index in [9.17, 15) is 9.90 Å². The van der Waals surface area contributed by atoms with E-state index < -0.39 is 5.41 Å². The van der Waals surface area contributed by atoms with E-state index in [4.69, 9.17) is 22.3 Å². The number of amides is 1. The number of aromatic hydroxyl groups is 1. The van der Waals surface area contributed by atoms with Gasteiger partial charge in [0.25, 0.3) is 0 Å². The number of imidazole rings is 1. The van der Waals surface area contributed by atoms with Gasteiger partial charge in [-0.2, -0.15) is 0 Å². The Kier molecular flexibility index (Phi) is 4.89. The molecule has 4 aromatic heterocycles. The number of fused-ring (bicyclic) bond motifs is 2. The van der Waals surface area contributed by atoms with Crippen LogP contribution in [0.25, 0.3) is 17.2 Å². The van der Waals surface area contributed by atoms with Crippen LogP contribution in [0.3, 0.4) is 0 Å². The van der Waals surface area contributed by atoms with E-state index in [0.717, 1.165) is 30.6 Å². The normalized spacial score (nSPS) is 17.4. The monoisotopic (exact) mass is 464 g/mol. The van der Waals surface area contributed by atoms with Crippen molar-refractivity contribution in [3.8, 4) is 17.3 Å². The minimum absolute atomic E-state index is 0.0837. The van der Waals surface area contributed by atoms with Crippen LogP contribution in [-0.2, 0) is 16.6 Å². The van der Waals surface area contributed by atoms with Crippen LogP contribution in [0.5, 0.6) is 5.75 Å². The van der Waals surface area contributed by atoms with Crippen molar-refractivity contribution in [2.75, 3.05) is 11.1 Å². The number of halogens is 1. The molecule has 5 heterocycles. The number of carbonyl (C=O) groups excluding carboxylic acids is 1. The van der Waals surface area contributed by atoms with Gasteiger partial charge < -0.3 is 20.6 Å². The number of hydrogen-bond acceptors (Lipinski definition) is 8. The molecule has 0 saturated carbocycles. The van der Waals surface area contributed by atoms with Gasteiger partial charge >= 0.3 is 0 Å². The second kappa shape index (κ2) is 7.66. The van der Waals surface area contributed by atoms with Crippen LogP contribution in [0.15, 0.2) is 30.9 Å². The zero-order valence-electron chi connectivity index (χ0n) is 18.0. The van der Waals surface area contributed by atoms with Crippen molar-refractivity contribution in [1.82, 2.24) is 29.3 Å². The lowest BCUT2D eigenvalue weighted by atomic mass is 9.80. The van der Waals surface area contributed by atoms with Gasteiger partial charge in [-0.05, 0) is 19.8 Å². The molecule has 0 spiro atoms. The highest BCUT2D eigenvalue weighted by atomic mass is 35.5. The smallest absolute Gasteiger partial charge is 0.242 e. The fourth-order valence-corrected chi connectivity index (χ4v) is 4.19. The maximum absolute atomic E-state index is 13.0. The van der Waals surface area contributed by atoms with E-state index in [2.05, 4.69) is 32.2 Å². The van der Waals surface area contributed by atoms with Gasteiger partial charge in [0.1, 0.15) is 33.5 Å². The lowest BCUT2D eigenvalue weighted by Gasteiger charge is -2.22. The van der Waals surface area contributed by atoms with Gasteiger partial charge in [-0.1, -0.05) is 24.9 Å². The van der Waals surface area contributed by atoms with Gasteiger partial charge in [0.15, 0.2) is 11.5 Å². The van der Waals surface area contributed by atoms with Crippen LogP contribution < -0.4 is 11.1 Å². The standard InChI is InChI=1S/C22H21ClN8O2/c1-3-4-5-12-20-25-6-7-31(20)10-13(27-12)18-28-17(24)16-19(29-18)30-21(33)22(16,2)15-8-14(32)11(23)9-26-15/h6-10H,3-5H2,1-2H3,(H,26,32)(H3,24,28,29,30,33). The highest BCUT2D eigenvalue weighted by molar-refractivity contribution is 6.31. The first-order valence-corrected chi connectivity index (χ1v) is 10.9. The third kappa shape index (κ3) is 3.25. The number of hydrogen-bond donors (Lipinski definition) is 3. The van der Waals surface area contributed by atoms with Crippen molar-refractivity contribution in [2.45, 2.75) is 38.5 Å². The predicted molar refractivity (Wildman–Crippen MR) is 123 cm³/mol. The number of unbranched alkanes of at least 4 members (excludes halogenated alkanes) is 1. The minimum Gasteiger partial charge on any atom is -0.506 e. The summed E-state index contributed by atoms with van der Waals surface area (Å²) in [6.45, 7) is 3.77. The molecule has 33 heavy (non-hydrogen) atoms. The molecule has 10 nitrogen and oxygen atoms in total. The van der Waals surface area contributed by atoms with Gasteiger partial charge in [0.05, 0.1) is 17.0 Å². The highest BCUT2D eigenvalue weighted by Gasteiger charge is 2.49. The zero-order chi connectivity index (χ0) is 23.3. The van der Waals surface area contributed by atoms with Crippen LogP contribution >= 0.6 is 11.6 Å². The summed E-state index contributed by atoms with van der Waals surface area (Å²) >= 11 is 5.89. The van der Waals surface area contributed by atoms with Crippen LogP contribution in [-0.4, -0.2) is 40.3 Å². The Morgan fingerprint density at radius 3 is 2.85 bits per heavy atom. The molecule has 0 aromatic carbocycles. The molecule has 0 aliphatic carbocycles. The molecule has 1 atom stereocenters. The Bertz CT molecular complexity index is 1420. The maximum Gasteiger partial charge on any atom is 0.242 e. The van der Waals surface area contributed by atoms with Gasteiger partial charge in [-0.25, -0.2) is 19.9 Å². The van der Waals surface area contributed by atoms with E-state index in [1.54, 1.807) is 19.3 Å². The molecular weight excluding hydrogens is 444 g/mol. The zero-order valence-corrected chi connectivity index (χ0v) is 18.8. The van der Waals surface area contributed by atoms with E-state index in [1.807, 2.05) is 10.6 Å². The number of rotatable bonds is 5. The Balaban J connectivity index is 1.64. The van der Waals surface area contributed by atoms with E-state index >= 15 is 0 Å². The molecule has 0 fully saturated rings. The molecule has 168 valence electrons. The Morgan fingerprint density at radius 2 is 2.09 bits per heavy atom. The molecule has 5 rings (SSSR count). The van der Waals surface area contributed by atoms with Crippen LogP contribution in [0.4, 0.5) is 11.6 Å². The lowest BCUT2D eigenvalue weighted by Crippen LogP contribution is -2.33. The van der Waals surface area contributed by atoms with Gasteiger partial charge in [0, 0.05) is 30.9 Å². The molecule has 0 bridgehead atoms. The molecule has 4 N–H and O–H groups in total. The first kappa shape index (κ1) is 21.1. The number of nitrogen functional groups attached to an aromatic ring is 1. The van der Waals surface area contributed by atoms with E-state index in [1.165, 1.54) is 12.3 Å². The molecule has 1 aliphatic heterocycles. The van der Waals surface area contributed by atoms with Crippen molar-refractivity contribution >= 4 is 34.8 Å². The van der Waals surface area contributed by atoms with E-state index in [-0.39, 0.29) is 39.8 Å². The molecular formula is C22H21ClN8O2. The molecule has 0 radical (unpaired) electrons. The number of anilines is 2. The largest absolute Gasteiger partial charge is 0.506 e. The second-order valence-corrected chi connectivity index (χ2v) is 8.50. The average molecular weight is 465 g/mol. The van der Waals surface area contributed by atoms with Crippen LogP contribution in [0, 0.1) is 0 Å². The third-order valence-corrected chi connectivity index (χ3v) is 6.20. The first-order valence-electron chi connectivity index (χ1n) is 10.5. The highest BCUT2D eigenvalue weighted by Crippen LogP contribution is 2.45. The Hall–Kier alpha value is -3.79. The second-order valence-electron chi connectivity index (χ2n) is 8.09. The van der Waals surface area contributed by atoms with Crippen molar-refractivity contribution < 1.29 is 9.90 Å². The molecule has 1 amide bonds. The SMILES string of the molecule is CCCCc1nc(-c2nc(N)c3c(n2)NC(=O)C3(C)c2cc(O)c(Cl)cn2)cn2ccnc12. The summed E-state index contributed by atoms with van der Waals surface area (Å²) in [6, 6.07) is 1.35. The summed E-state index contributed by atoms with van der Waals surface area (Å²) in [5.41, 5.74) is 7.88. The van der Waals surface area contributed by atoms with Crippen LogP contribution in [0.1, 0.15) is 43.6 Å². The fourth-order valence-electron chi connectivity index (χ4n) is 4.08. The fraction of sp³-hybridized carbons (Fsp3) is 0.273. The first-order chi connectivity index (χ1) is 15.8. The maximum atomic E-state index is 13.0. The van der Waals surface area contributed by atoms with Crippen LogP contribution in [0.2, 0.25) is 5.02 Å². The summed E-state index contributed by atoms with van der Waals surface area (Å²) in [4.78, 5) is 35.5. The minimum atomic E-state index is -1.30. The van der Waals surface area contributed by atoms with Crippen molar-refractivity contribution in [2.24, 2.45) is 0 Å². The summed E-state index contributed by atoms with van der Waals surface area (Å²) in [7, 11) is 0. The molecule has 1 unspecified atom stereocenters. The molecule has 4 aromatic rings. The lowest BCUT2D eigenvalue weighted by molar-refractivity contribution is -0.119. The van der Waals surface area contributed by atoms with E-state index in [0.29, 0.717) is 11.3 Å². The summed E-state index contributed by atoms with van der Waals surface area (Å²) in [6.07, 6.45) is 9.40. The third-order valence-electron chi connectivity index (χ3n) is 5.91. The topological polar surface area (TPSA) is 144 Å². The van der Waals surface area contributed by atoms with Gasteiger partial charge in [-0.15, -0.1) is 0 Å². The number of aromatic nitrogens is 6. The van der Waals surface area contributed by atoms with Gasteiger partial charge in [0.2, 0.25) is 5.91 Å². The number of carbonyl (C=O) groups is 1.